The second kappa shape index (κ2) is 5.76. The van der Waals surface area contributed by atoms with Gasteiger partial charge in [0.2, 0.25) is 0 Å². The fraction of sp³-hybridized carbons (Fsp3) is 0. The van der Waals surface area contributed by atoms with Crippen LogP contribution in [0.3, 0.4) is 0 Å². The van der Waals surface area contributed by atoms with Gasteiger partial charge >= 0.3 is 0 Å². The zero-order chi connectivity index (χ0) is 15.6. The number of carbonyl (C=O) groups excluding carboxylic acids is 1. The Morgan fingerprint density at radius 3 is 2.67 bits per heavy atom. The summed E-state index contributed by atoms with van der Waals surface area (Å²) >= 11 is 5.84. The molecular formula is C13H9ClFN3O3. The smallest absolute Gasteiger partial charge is 0.283 e. The van der Waals surface area contributed by atoms with Crippen molar-refractivity contribution >= 4 is 34.6 Å². The first kappa shape index (κ1) is 14.7. The van der Waals surface area contributed by atoms with Gasteiger partial charge in [-0.2, -0.15) is 0 Å². The van der Waals surface area contributed by atoms with E-state index in [-0.39, 0.29) is 22.0 Å². The summed E-state index contributed by atoms with van der Waals surface area (Å²) in [6.07, 6.45) is 0. The number of nitrogens with two attached hydrogens (primary N) is 1. The van der Waals surface area contributed by atoms with Crippen molar-refractivity contribution in [3.8, 4) is 0 Å². The molecule has 0 aromatic heterocycles. The van der Waals surface area contributed by atoms with Crippen molar-refractivity contribution in [2.75, 3.05) is 11.1 Å². The van der Waals surface area contributed by atoms with E-state index >= 15 is 0 Å². The predicted octanol–water partition coefficient (Wildman–Crippen LogP) is 3.22. The van der Waals surface area contributed by atoms with Crippen LogP contribution in [-0.2, 0) is 0 Å². The molecule has 0 aliphatic carbocycles. The van der Waals surface area contributed by atoms with E-state index in [1.807, 2.05) is 0 Å². The van der Waals surface area contributed by atoms with Crippen molar-refractivity contribution in [3.05, 3.63) is 62.9 Å². The molecule has 8 heteroatoms. The summed E-state index contributed by atoms with van der Waals surface area (Å²) in [5.41, 5.74) is 4.74. The summed E-state index contributed by atoms with van der Waals surface area (Å²) in [5, 5.41) is 13.3. The van der Waals surface area contributed by atoms with Crippen molar-refractivity contribution in [1.82, 2.24) is 0 Å². The molecular weight excluding hydrogens is 301 g/mol. The lowest BCUT2D eigenvalue weighted by molar-refractivity contribution is -0.385. The van der Waals surface area contributed by atoms with Crippen LogP contribution in [0.4, 0.5) is 21.5 Å². The minimum atomic E-state index is -0.779. The van der Waals surface area contributed by atoms with Crippen LogP contribution in [0.25, 0.3) is 0 Å². The first-order valence-electron chi connectivity index (χ1n) is 5.69. The van der Waals surface area contributed by atoms with Gasteiger partial charge in [0, 0.05) is 11.8 Å². The Labute approximate surface area is 123 Å². The van der Waals surface area contributed by atoms with Gasteiger partial charge in [-0.15, -0.1) is 0 Å². The molecule has 0 aliphatic heterocycles. The van der Waals surface area contributed by atoms with Crippen LogP contribution >= 0.6 is 11.6 Å². The molecule has 0 saturated heterocycles. The van der Waals surface area contributed by atoms with Gasteiger partial charge < -0.3 is 11.1 Å². The Balaban J connectivity index is 2.36. The minimum absolute atomic E-state index is 0.0585. The third-order valence-electron chi connectivity index (χ3n) is 2.67. The summed E-state index contributed by atoms with van der Waals surface area (Å²) in [6.45, 7) is 0. The van der Waals surface area contributed by atoms with Crippen molar-refractivity contribution in [2.24, 2.45) is 0 Å². The minimum Gasteiger partial charge on any atom is -0.396 e. The highest BCUT2D eigenvalue weighted by molar-refractivity contribution is 6.35. The van der Waals surface area contributed by atoms with Crippen LogP contribution in [0.1, 0.15) is 10.4 Å². The van der Waals surface area contributed by atoms with Crippen LogP contribution in [0.2, 0.25) is 5.02 Å². The highest BCUT2D eigenvalue weighted by Gasteiger charge is 2.23. The second-order valence-electron chi connectivity index (χ2n) is 4.08. The third-order valence-corrected chi connectivity index (χ3v) is 2.98. The molecule has 2 aromatic carbocycles. The number of hydrogen-bond donors (Lipinski definition) is 2. The SMILES string of the molecule is Nc1cc(NC(=O)c2c(Cl)cccc2[N+](=O)[O-])ccc1F. The Kier molecular flexibility index (Phi) is 4.04. The molecule has 3 N–H and O–H groups in total. The molecule has 0 bridgehead atoms. The molecule has 0 fully saturated rings. The maximum absolute atomic E-state index is 13.0. The normalized spacial score (nSPS) is 10.2. The molecule has 2 aromatic rings. The largest absolute Gasteiger partial charge is 0.396 e. The predicted molar refractivity (Wildman–Crippen MR) is 76.9 cm³/mol. The zero-order valence-corrected chi connectivity index (χ0v) is 11.2. The quantitative estimate of drug-likeness (QED) is 0.516. The number of halogens is 2. The lowest BCUT2D eigenvalue weighted by Crippen LogP contribution is -2.15. The van der Waals surface area contributed by atoms with E-state index in [0.717, 1.165) is 6.07 Å². The van der Waals surface area contributed by atoms with E-state index in [1.165, 1.54) is 30.3 Å². The van der Waals surface area contributed by atoms with Gasteiger partial charge in [-0.3, -0.25) is 14.9 Å². The summed E-state index contributed by atoms with van der Waals surface area (Å²) < 4.78 is 13.0. The molecule has 0 unspecified atom stereocenters. The molecule has 1 amide bonds. The van der Waals surface area contributed by atoms with Crippen molar-refractivity contribution in [2.45, 2.75) is 0 Å². The number of nitro benzene ring substituents is 1. The monoisotopic (exact) mass is 309 g/mol. The Morgan fingerprint density at radius 1 is 1.33 bits per heavy atom. The van der Waals surface area contributed by atoms with E-state index < -0.39 is 22.3 Å². The van der Waals surface area contributed by atoms with Crippen LogP contribution in [0.15, 0.2) is 36.4 Å². The Hall–Kier alpha value is -2.67. The standard InChI is InChI=1S/C13H9ClFN3O3/c14-8-2-1-3-11(18(20)21)12(8)13(19)17-7-4-5-9(15)10(16)6-7/h1-6H,16H2,(H,17,19). The third kappa shape index (κ3) is 3.09. The molecule has 0 aliphatic rings. The molecule has 0 atom stereocenters. The van der Waals surface area contributed by atoms with Crippen molar-refractivity contribution in [3.63, 3.8) is 0 Å². The number of nitrogen functional groups attached to an aromatic ring is 1. The van der Waals surface area contributed by atoms with Gasteiger partial charge in [-0.25, -0.2) is 4.39 Å². The molecule has 0 heterocycles. The van der Waals surface area contributed by atoms with Crippen LogP contribution in [-0.4, -0.2) is 10.8 Å². The van der Waals surface area contributed by atoms with Gasteiger partial charge in [-0.1, -0.05) is 17.7 Å². The zero-order valence-electron chi connectivity index (χ0n) is 10.5. The topological polar surface area (TPSA) is 98.3 Å². The first-order chi connectivity index (χ1) is 9.90. The number of hydrogen-bond acceptors (Lipinski definition) is 4. The summed E-state index contributed by atoms with van der Waals surface area (Å²) in [4.78, 5) is 22.3. The average molecular weight is 310 g/mol. The molecule has 0 radical (unpaired) electrons. The lowest BCUT2D eigenvalue weighted by atomic mass is 10.1. The fourth-order valence-electron chi connectivity index (χ4n) is 1.70. The second-order valence-corrected chi connectivity index (χ2v) is 4.49. The maximum atomic E-state index is 13.0. The molecule has 6 nitrogen and oxygen atoms in total. The number of nitrogens with zero attached hydrogens (tertiary/aromatic N) is 1. The molecule has 108 valence electrons. The highest BCUT2D eigenvalue weighted by Crippen LogP contribution is 2.27. The highest BCUT2D eigenvalue weighted by atomic mass is 35.5. The number of amides is 1. The first-order valence-corrected chi connectivity index (χ1v) is 6.07. The summed E-state index contributed by atoms with van der Waals surface area (Å²) in [5.74, 6) is -1.41. The number of anilines is 2. The molecule has 21 heavy (non-hydrogen) atoms. The molecule has 0 spiro atoms. The summed E-state index contributed by atoms with van der Waals surface area (Å²) in [7, 11) is 0. The summed E-state index contributed by atoms with van der Waals surface area (Å²) in [6, 6.07) is 7.46. The van der Waals surface area contributed by atoms with Crippen molar-refractivity contribution < 1.29 is 14.1 Å². The van der Waals surface area contributed by atoms with Gasteiger partial charge in [0.25, 0.3) is 11.6 Å². The van der Waals surface area contributed by atoms with E-state index in [2.05, 4.69) is 5.32 Å². The Bertz CT molecular complexity index is 737. The maximum Gasteiger partial charge on any atom is 0.283 e. The van der Waals surface area contributed by atoms with E-state index in [9.17, 15) is 19.3 Å². The number of nitrogens with one attached hydrogen (secondary N) is 1. The van der Waals surface area contributed by atoms with Gasteiger partial charge in [0.15, 0.2) is 0 Å². The molecule has 2 rings (SSSR count). The van der Waals surface area contributed by atoms with Gasteiger partial charge in [-0.05, 0) is 24.3 Å². The van der Waals surface area contributed by atoms with Gasteiger partial charge in [0.1, 0.15) is 11.4 Å². The van der Waals surface area contributed by atoms with Crippen LogP contribution < -0.4 is 11.1 Å². The van der Waals surface area contributed by atoms with E-state index in [4.69, 9.17) is 17.3 Å². The Morgan fingerprint density at radius 2 is 2.05 bits per heavy atom. The number of nitro groups is 1. The van der Waals surface area contributed by atoms with Crippen molar-refractivity contribution in [1.29, 1.82) is 0 Å². The van der Waals surface area contributed by atoms with Gasteiger partial charge in [0.05, 0.1) is 15.6 Å². The molecule has 0 saturated carbocycles. The number of rotatable bonds is 3. The van der Waals surface area contributed by atoms with Crippen LogP contribution in [0.5, 0.6) is 0 Å². The number of benzene rings is 2. The lowest BCUT2D eigenvalue weighted by Gasteiger charge is -2.08. The van der Waals surface area contributed by atoms with E-state index in [0.29, 0.717) is 0 Å². The number of carbonyl (C=O) groups is 1. The fourth-order valence-corrected chi connectivity index (χ4v) is 1.96. The average Bonchev–Trinajstić information content (AvgIpc) is 2.42. The van der Waals surface area contributed by atoms with Crippen LogP contribution in [0, 0.1) is 15.9 Å². The van der Waals surface area contributed by atoms with E-state index in [1.54, 1.807) is 0 Å².